The molecule has 0 aromatic carbocycles. The molecule has 0 unspecified atom stereocenters. The van der Waals surface area contributed by atoms with Crippen molar-refractivity contribution in [3.05, 3.63) is 32.8 Å². The van der Waals surface area contributed by atoms with Crippen LogP contribution in [0.3, 0.4) is 0 Å². The summed E-state index contributed by atoms with van der Waals surface area (Å²) in [5.41, 5.74) is 7.11. The Labute approximate surface area is 260 Å². The summed E-state index contributed by atoms with van der Waals surface area (Å²) in [6.07, 6.45) is 1.24. The third-order valence-corrected chi connectivity index (χ3v) is 9.18. The van der Waals surface area contributed by atoms with Gasteiger partial charge in [-0.05, 0) is 74.4 Å². The molecule has 3 N–H and O–H groups in total. The van der Waals surface area contributed by atoms with Gasteiger partial charge in [-0.25, -0.2) is 23.1 Å². The van der Waals surface area contributed by atoms with E-state index in [0.717, 1.165) is 41.0 Å². The van der Waals surface area contributed by atoms with Gasteiger partial charge >= 0.3 is 6.09 Å². The average molecular weight is 685 g/mol. The van der Waals surface area contributed by atoms with Crippen LogP contribution < -0.4 is 20.7 Å². The molecule has 234 valence electrons. The highest BCUT2D eigenvalue weighted by Crippen LogP contribution is 2.37. The molecule has 2 amide bonds. The number of amides is 2. The molecule has 2 aliphatic rings. The van der Waals surface area contributed by atoms with Gasteiger partial charge in [0.05, 0.1) is 17.2 Å². The molecule has 0 spiro atoms. The third-order valence-electron chi connectivity index (χ3n) is 7.50. The van der Waals surface area contributed by atoms with Crippen molar-refractivity contribution in [3.8, 4) is 5.75 Å². The van der Waals surface area contributed by atoms with Gasteiger partial charge in [0.25, 0.3) is 12.3 Å². The molecular weight excluding hydrogens is 648 g/mol. The van der Waals surface area contributed by atoms with Gasteiger partial charge < -0.3 is 30.3 Å². The van der Waals surface area contributed by atoms with E-state index in [-0.39, 0.29) is 40.2 Å². The van der Waals surface area contributed by atoms with Crippen molar-refractivity contribution < 1.29 is 27.8 Å². The highest BCUT2D eigenvalue weighted by molar-refractivity contribution is 9.10. The molecule has 0 aliphatic carbocycles. The Morgan fingerprint density at radius 2 is 1.95 bits per heavy atom. The fourth-order valence-electron chi connectivity index (χ4n) is 5.40. The molecule has 2 saturated heterocycles. The van der Waals surface area contributed by atoms with Gasteiger partial charge in [-0.15, -0.1) is 11.3 Å². The van der Waals surface area contributed by atoms with Crippen LogP contribution in [-0.2, 0) is 4.74 Å². The Balaban J connectivity index is 1.22. The van der Waals surface area contributed by atoms with Crippen molar-refractivity contribution in [1.29, 1.82) is 0 Å². The minimum absolute atomic E-state index is 0.115. The van der Waals surface area contributed by atoms with Gasteiger partial charge in [0.2, 0.25) is 0 Å². The molecule has 15 heteroatoms. The van der Waals surface area contributed by atoms with Gasteiger partial charge in [-0.2, -0.15) is 5.10 Å². The van der Waals surface area contributed by atoms with E-state index in [0.29, 0.717) is 43.8 Å². The largest absolute Gasteiger partial charge is 0.492 e. The molecular formula is C28H36BrF2N7O4S. The van der Waals surface area contributed by atoms with Crippen molar-refractivity contribution >= 4 is 56.3 Å². The van der Waals surface area contributed by atoms with Gasteiger partial charge in [0, 0.05) is 38.3 Å². The SMILES string of the molecule is CC(C)(C)OC(=O)N1CCC(COc2cc(C(F)F)sc2C(=O)N[C@@H]2CCCN(c3cc(Br)n4ncnc(N)c34)C2)CC1. The first-order valence-corrected chi connectivity index (χ1v) is 15.9. The molecule has 0 saturated carbocycles. The van der Waals surface area contributed by atoms with E-state index in [4.69, 9.17) is 15.2 Å². The Morgan fingerprint density at radius 3 is 2.65 bits per heavy atom. The van der Waals surface area contributed by atoms with Crippen LogP contribution in [0.1, 0.15) is 67.4 Å². The molecule has 0 bridgehead atoms. The molecule has 3 aromatic heterocycles. The smallest absolute Gasteiger partial charge is 0.410 e. The zero-order chi connectivity index (χ0) is 30.9. The maximum absolute atomic E-state index is 13.7. The zero-order valence-electron chi connectivity index (χ0n) is 24.3. The minimum Gasteiger partial charge on any atom is -0.492 e. The number of halogens is 3. The Hall–Kier alpha value is -3.20. The number of nitrogen functional groups attached to an aromatic ring is 1. The first kappa shape index (κ1) is 31.2. The second-order valence-electron chi connectivity index (χ2n) is 11.9. The van der Waals surface area contributed by atoms with Crippen LogP contribution in [0, 0.1) is 5.92 Å². The number of piperidine rings is 2. The second-order valence-corrected chi connectivity index (χ2v) is 13.8. The molecule has 43 heavy (non-hydrogen) atoms. The third kappa shape index (κ3) is 7.31. The number of carbonyl (C=O) groups is 2. The van der Waals surface area contributed by atoms with Gasteiger partial charge in [-0.3, -0.25) is 4.79 Å². The maximum Gasteiger partial charge on any atom is 0.410 e. The molecule has 5 heterocycles. The van der Waals surface area contributed by atoms with Crippen molar-refractivity contribution in [3.63, 3.8) is 0 Å². The van der Waals surface area contributed by atoms with Gasteiger partial charge in [0.1, 0.15) is 32.7 Å². The highest BCUT2D eigenvalue weighted by Gasteiger charge is 2.30. The van der Waals surface area contributed by atoms with E-state index in [1.165, 1.54) is 12.4 Å². The standard InChI is InChI=1S/C28H36BrF2N7O4S/c1-28(2,3)42-27(40)36-9-6-16(7-10-36)14-41-19-12-20(24(30)31)43-23(19)26(39)35-17-5-4-8-37(13-17)18-11-21(29)38-22(18)25(32)33-15-34-38/h11-12,15-17,24H,4-10,13-14H2,1-3H3,(H,35,39)(H2,32,33,34)/t17-/m1/s1. The monoisotopic (exact) mass is 683 g/mol. The molecule has 1 atom stereocenters. The summed E-state index contributed by atoms with van der Waals surface area (Å²) in [7, 11) is 0. The van der Waals surface area contributed by atoms with Crippen LogP contribution in [0.2, 0.25) is 0 Å². The van der Waals surface area contributed by atoms with E-state index < -0.39 is 17.9 Å². The molecule has 11 nitrogen and oxygen atoms in total. The van der Waals surface area contributed by atoms with E-state index >= 15 is 0 Å². The summed E-state index contributed by atoms with van der Waals surface area (Å²) in [5, 5.41) is 7.29. The lowest BCUT2D eigenvalue weighted by atomic mass is 9.98. The Kier molecular flexibility index (Phi) is 9.30. The maximum atomic E-state index is 13.7. The lowest BCUT2D eigenvalue weighted by molar-refractivity contribution is 0.0164. The summed E-state index contributed by atoms with van der Waals surface area (Å²) >= 11 is 4.27. The van der Waals surface area contributed by atoms with Gasteiger partial charge in [0.15, 0.2) is 5.82 Å². The van der Waals surface area contributed by atoms with E-state index in [1.807, 2.05) is 26.8 Å². The second kappa shape index (κ2) is 12.8. The van der Waals surface area contributed by atoms with Crippen LogP contribution in [-0.4, -0.2) is 75.9 Å². The Morgan fingerprint density at radius 1 is 1.21 bits per heavy atom. The number of nitrogens with zero attached hydrogens (tertiary/aromatic N) is 5. The molecule has 2 fully saturated rings. The number of fused-ring (bicyclic) bond motifs is 1. The highest BCUT2D eigenvalue weighted by atomic mass is 79.9. The molecule has 2 aliphatic heterocycles. The lowest BCUT2D eigenvalue weighted by Gasteiger charge is -2.34. The van der Waals surface area contributed by atoms with Crippen molar-refractivity contribution in [2.24, 2.45) is 5.92 Å². The number of carbonyl (C=O) groups excluding carboxylic acids is 2. The first-order valence-electron chi connectivity index (χ1n) is 14.3. The van der Waals surface area contributed by atoms with Crippen LogP contribution >= 0.6 is 27.3 Å². The van der Waals surface area contributed by atoms with Crippen molar-refractivity contribution in [2.45, 2.75) is 64.5 Å². The molecule has 3 aromatic rings. The fourth-order valence-corrected chi connectivity index (χ4v) is 6.75. The molecule has 5 rings (SSSR count). The van der Waals surface area contributed by atoms with Crippen LogP contribution in [0.15, 0.2) is 23.1 Å². The lowest BCUT2D eigenvalue weighted by Crippen LogP contribution is -2.47. The quantitative estimate of drug-likeness (QED) is 0.334. The number of alkyl halides is 2. The van der Waals surface area contributed by atoms with Crippen molar-refractivity contribution in [2.75, 3.05) is 43.4 Å². The number of thiophene rings is 1. The Bertz CT molecular complexity index is 1470. The number of rotatable bonds is 7. The average Bonchev–Trinajstić information content (AvgIpc) is 3.54. The van der Waals surface area contributed by atoms with Crippen LogP contribution in [0.25, 0.3) is 5.52 Å². The molecule has 0 radical (unpaired) electrons. The summed E-state index contributed by atoms with van der Waals surface area (Å²) < 4.78 is 41.1. The first-order chi connectivity index (χ1) is 20.4. The topological polar surface area (TPSA) is 127 Å². The zero-order valence-corrected chi connectivity index (χ0v) is 26.7. The number of ether oxygens (including phenoxy) is 2. The van der Waals surface area contributed by atoms with Crippen LogP contribution in [0.4, 0.5) is 25.1 Å². The number of likely N-dealkylation sites (tertiary alicyclic amines) is 1. The fraction of sp³-hybridized carbons (Fsp3) is 0.571. The number of nitrogens with two attached hydrogens (primary N) is 1. The van der Waals surface area contributed by atoms with E-state index in [9.17, 15) is 18.4 Å². The van der Waals surface area contributed by atoms with E-state index in [2.05, 4.69) is 36.2 Å². The number of aromatic nitrogens is 3. The predicted octanol–water partition coefficient (Wildman–Crippen LogP) is 5.50. The summed E-state index contributed by atoms with van der Waals surface area (Å²) in [6, 6.07) is 2.96. The van der Waals surface area contributed by atoms with Crippen molar-refractivity contribution in [1.82, 2.24) is 24.8 Å². The predicted molar refractivity (Wildman–Crippen MR) is 163 cm³/mol. The number of anilines is 2. The van der Waals surface area contributed by atoms with Gasteiger partial charge in [-0.1, -0.05) is 0 Å². The number of nitrogens with one attached hydrogen (secondary N) is 1. The summed E-state index contributed by atoms with van der Waals surface area (Å²) in [4.78, 5) is 33.6. The summed E-state index contributed by atoms with van der Waals surface area (Å²) in [6.45, 7) is 8.04. The van der Waals surface area contributed by atoms with Crippen LogP contribution in [0.5, 0.6) is 5.75 Å². The number of hydrogen-bond acceptors (Lipinski definition) is 9. The van der Waals surface area contributed by atoms with E-state index in [1.54, 1.807) is 9.42 Å². The number of hydrogen-bond donors (Lipinski definition) is 2. The summed E-state index contributed by atoms with van der Waals surface area (Å²) in [5.74, 6) is 0.179. The normalized spacial score (nSPS) is 18.3. The minimum atomic E-state index is -2.72.